The molecule has 0 saturated heterocycles. The minimum absolute atomic E-state index is 0.119. The largest absolute Gasteiger partial charge is 0.450 e. The van der Waals surface area contributed by atoms with Gasteiger partial charge in [0.15, 0.2) is 6.61 Å². The standard InChI is InChI=1S/C18H21NO4/c20-17(19-14-8-3-1-2-4-9-14)12-22-18(21)16-11-13-7-5-6-10-15(13)23-16/h5-7,10-11,14H,1-4,8-9,12H2,(H,19,20). The van der Waals surface area contributed by atoms with Crippen LogP contribution in [0.2, 0.25) is 0 Å². The van der Waals surface area contributed by atoms with E-state index in [9.17, 15) is 9.59 Å². The molecule has 2 aromatic rings. The summed E-state index contributed by atoms with van der Waals surface area (Å²) in [6.07, 6.45) is 6.75. The van der Waals surface area contributed by atoms with Crippen molar-refractivity contribution in [2.45, 2.75) is 44.6 Å². The molecular formula is C18H21NO4. The van der Waals surface area contributed by atoms with Gasteiger partial charge in [-0.2, -0.15) is 0 Å². The van der Waals surface area contributed by atoms with Crippen LogP contribution in [-0.2, 0) is 9.53 Å². The van der Waals surface area contributed by atoms with E-state index in [1.165, 1.54) is 12.8 Å². The Morgan fingerprint density at radius 3 is 2.61 bits per heavy atom. The number of para-hydroxylation sites is 1. The number of nitrogens with one attached hydrogen (secondary N) is 1. The minimum atomic E-state index is -0.614. The molecule has 1 aromatic carbocycles. The molecule has 3 rings (SSSR count). The summed E-state index contributed by atoms with van der Waals surface area (Å²) in [6.45, 7) is -0.271. The van der Waals surface area contributed by atoms with E-state index in [2.05, 4.69) is 5.32 Å². The third kappa shape index (κ3) is 4.12. The smallest absolute Gasteiger partial charge is 0.374 e. The number of ether oxygens (including phenoxy) is 1. The fourth-order valence-electron chi connectivity index (χ4n) is 2.98. The van der Waals surface area contributed by atoms with E-state index < -0.39 is 5.97 Å². The Bertz CT molecular complexity index is 650. The molecule has 1 aliphatic carbocycles. The number of carbonyl (C=O) groups is 2. The van der Waals surface area contributed by atoms with Gasteiger partial charge in [-0.25, -0.2) is 4.79 Å². The predicted octanol–water partition coefficient (Wildman–Crippen LogP) is 3.43. The summed E-state index contributed by atoms with van der Waals surface area (Å²) in [5, 5.41) is 3.78. The lowest BCUT2D eigenvalue weighted by Crippen LogP contribution is -2.37. The Kier molecular flexibility index (Phi) is 4.95. The maximum Gasteiger partial charge on any atom is 0.374 e. The molecule has 0 atom stereocenters. The first-order valence-electron chi connectivity index (χ1n) is 8.17. The van der Waals surface area contributed by atoms with Gasteiger partial charge in [-0.1, -0.05) is 43.9 Å². The van der Waals surface area contributed by atoms with Gasteiger partial charge in [0.25, 0.3) is 5.91 Å². The second-order valence-corrected chi connectivity index (χ2v) is 5.98. The first-order valence-corrected chi connectivity index (χ1v) is 8.17. The monoisotopic (exact) mass is 315 g/mol. The molecule has 1 heterocycles. The maximum atomic E-state index is 12.0. The van der Waals surface area contributed by atoms with E-state index >= 15 is 0 Å². The SMILES string of the molecule is O=C(COC(=O)c1cc2ccccc2o1)NC1CCCCCC1. The van der Waals surface area contributed by atoms with Crippen LogP contribution in [0.3, 0.4) is 0 Å². The van der Waals surface area contributed by atoms with E-state index in [0.717, 1.165) is 31.1 Å². The summed E-state index contributed by atoms with van der Waals surface area (Å²) in [7, 11) is 0. The normalized spacial score (nSPS) is 16.0. The average molecular weight is 315 g/mol. The lowest BCUT2D eigenvalue weighted by Gasteiger charge is -2.15. The van der Waals surface area contributed by atoms with Crippen molar-refractivity contribution in [3.05, 3.63) is 36.1 Å². The van der Waals surface area contributed by atoms with E-state index in [1.54, 1.807) is 12.1 Å². The zero-order valence-electron chi connectivity index (χ0n) is 13.0. The molecule has 1 saturated carbocycles. The summed E-state index contributed by atoms with van der Waals surface area (Å²) in [4.78, 5) is 23.9. The molecule has 1 N–H and O–H groups in total. The van der Waals surface area contributed by atoms with Crippen LogP contribution in [0.1, 0.15) is 49.1 Å². The number of furan rings is 1. The van der Waals surface area contributed by atoms with Gasteiger partial charge in [0.2, 0.25) is 5.76 Å². The fourth-order valence-corrected chi connectivity index (χ4v) is 2.98. The van der Waals surface area contributed by atoms with Gasteiger partial charge in [0.1, 0.15) is 5.58 Å². The van der Waals surface area contributed by atoms with Crippen molar-refractivity contribution in [2.75, 3.05) is 6.61 Å². The van der Waals surface area contributed by atoms with Gasteiger partial charge >= 0.3 is 5.97 Å². The molecule has 0 aliphatic heterocycles. The van der Waals surface area contributed by atoms with Crippen LogP contribution in [0.4, 0.5) is 0 Å². The third-order valence-electron chi connectivity index (χ3n) is 4.18. The molecule has 0 spiro atoms. The molecule has 1 amide bonds. The molecule has 122 valence electrons. The van der Waals surface area contributed by atoms with E-state index in [4.69, 9.17) is 9.15 Å². The highest BCUT2D eigenvalue weighted by atomic mass is 16.5. The van der Waals surface area contributed by atoms with Gasteiger partial charge in [0.05, 0.1) is 0 Å². The van der Waals surface area contributed by atoms with Crippen molar-refractivity contribution < 1.29 is 18.7 Å². The Hall–Kier alpha value is -2.30. The molecule has 5 heteroatoms. The van der Waals surface area contributed by atoms with Crippen molar-refractivity contribution in [1.29, 1.82) is 0 Å². The number of benzene rings is 1. The summed E-state index contributed by atoms with van der Waals surface area (Å²) in [6, 6.07) is 9.17. The number of hydrogen-bond acceptors (Lipinski definition) is 4. The Labute approximate surface area is 135 Å². The fraction of sp³-hybridized carbons (Fsp3) is 0.444. The van der Waals surface area contributed by atoms with Gasteiger partial charge in [0, 0.05) is 11.4 Å². The lowest BCUT2D eigenvalue weighted by atomic mass is 10.1. The van der Waals surface area contributed by atoms with Crippen LogP contribution < -0.4 is 5.32 Å². The molecule has 5 nitrogen and oxygen atoms in total. The molecule has 0 radical (unpaired) electrons. The highest BCUT2D eigenvalue weighted by molar-refractivity contribution is 5.93. The molecular weight excluding hydrogens is 294 g/mol. The number of amides is 1. The maximum absolute atomic E-state index is 12.0. The van der Waals surface area contributed by atoms with Crippen LogP contribution in [0.5, 0.6) is 0 Å². The van der Waals surface area contributed by atoms with Gasteiger partial charge in [-0.3, -0.25) is 4.79 Å². The highest BCUT2D eigenvalue weighted by Crippen LogP contribution is 2.19. The minimum Gasteiger partial charge on any atom is -0.450 e. The molecule has 1 aromatic heterocycles. The average Bonchev–Trinajstić information content (AvgIpc) is 2.83. The topological polar surface area (TPSA) is 68.5 Å². The second kappa shape index (κ2) is 7.31. The Balaban J connectivity index is 1.50. The van der Waals surface area contributed by atoms with E-state index in [0.29, 0.717) is 5.58 Å². The van der Waals surface area contributed by atoms with Crippen molar-refractivity contribution in [3.63, 3.8) is 0 Å². The highest BCUT2D eigenvalue weighted by Gasteiger charge is 2.18. The molecule has 0 bridgehead atoms. The number of hydrogen-bond donors (Lipinski definition) is 1. The summed E-state index contributed by atoms with van der Waals surface area (Å²) in [5.74, 6) is -0.743. The number of fused-ring (bicyclic) bond motifs is 1. The van der Waals surface area contributed by atoms with Crippen LogP contribution in [-0.4, -0.2) is 24.5 Å². The van der Waals surface area contributed by atoms with Crippen LogP contribution in [0.25, 0.3) is 11.0 Å². The van der Waals surface area contributed by atoms with E-state index in [-0.39, 0.29) is 24.3 Å². The summed E-state index contributed by atoms with van der Waals surface area (Å²) >= 11 is 0. The zero-order valence-corrected chi connectivity index (χ0v) is 13.0. The number of carbonyl (C=O) groups excluding carboxylic acids is 2. The molecule has 23 heavy (non-hydrogen) atoms. The summed E-state index contributed by atoms with van der Waals surface area (Å²) < 4.78 is 10.5. The first-order chi connectivity index (χ1) is 11.2. The van der Waals surface area contributed by atoms with Crippen molar-refractivity contribution in [3.8, 4) is 0 Å². The van der Waals surface area contributed by atoms with E-state index in [1.807, 2.05) is 18.2 Å². The quantitative estimate of drug-likeness (QED) is 0.693. The van der Waals surface area contributed by atoms with Crippen molar-refractivity contribution >= 4 is 22.8 Å². The number of esters is 1. The first kappa shape index (κ1) is 15.6. The summed E-state index contributed by atoms with van der Waals surface area (Å²) in [5.41, 5.74) is 0.627. The van der Waals surface area contributed by atoms with Crippen molar-refractivity contribution in [2.24, 2.45) is 0 Å². The zero-order chi connectivity index (χ0) is 16.1. The van der Waals surface area contributed by atoms with Crippen LogP contribution in [0.15, 0.2) is 34.7 Å². The molecule has 1 aliphatic rings. The number of rotatable bonds is 4. The Morgan fingerprint density at radius 2 is 1.87 bits per heavy atom. The molecule has 1 fully saturated rings. The lowest BCUT2D eigenvalue weighted by molar-refractivity contribution is -0.125. The predicted molar refractivity (Wildman–Crippen MR) is 86.1 cm³/mol. The Morgan fingerprint density at radius 1 is 1.13 bits per heavy atom. The van der Waals surface area contributed by atoms with Crippen LogP contribution >= 0.6 is 0 Å². The second-order valence-electron chi connectivity index (χ2n) is 5.98. The van der Waals surface area contributed by atoms with Crippen molar-refractivity contribution in [1.82, 2.24) is 5.32 Å². The molecule has 0 unspecified atom stereocenters. The van der Waals surface area contributed by atoms with Gasteiger partial charge in [-0.05, 0) is 25.0 Å². The van der Waals surface area contributed by atoms with Gasteiger partial charge < -0.3 is 14.5 Å². The van der Waals surface area contributed by atoms with Crippen LogP contribution in [0, 0.1) is 0 Å². The third-order valence-corrected chi connectivity index (χ3v) is 4.18. The van der Waals surface area contributed by atoms with Gasteiger partial charge in [-0.15, -0.1) is 0 Å².